The summed E-state index contributed by atoms with van der Waals surface area (Å²) in [5.41, 5.74) is 3.81. The maximum Gasteiger partial charge on any atom is 0.529 e. The number of carbonyl (C=O) groups is 1. The van der Waals surface area contributed by atoms with Crippen molar-refractivity contribution in [3.63, 3.8) is 0 Å². The van der Waals surface area contributed by atoms with E-state index in [9.17, 15) is 15.3 Å². The quantitative estimate of drug-likeness (QED) is 0.458. The van der Waals surface area contributed by atoms with E-state index in [2.05, 4.69) is 9.69 Å². The Kier molecular flexibility index (Phi) is 7.03. The van der Waals surface area contributed by atoms with Gasteiger partial charge in [-0.25, -0.2) is 4.99 Å². The van der Waals surface area contributed by atoms with Crippen LogP contribution in [0, 0.1) is 35.8 Å². The van der Waals surface area contributed by atoms with E-state index < -0.39 is 0 Å². The Morgan fingerprint density at radius 2 is 1.68 bits per heavy atom. The molecule has 0 spiro atoms. The van der Waals surface area contributed by atoms with Gasteiger partial charge in [-0.2, -0.15) is 20.2 Å². The molecule has 0 bridgehead atoms. The van der Waals surface area contributed by atoms with Gasteiger partial charge in [-0.05, 0) is 48.7 Å². The van der Waals surface area contributed by atoms with Gasteiger partial charge in [-0.15, -0.1) is 0 Å². The van der Waals surface area contributed by atoms with Crippen LogP contribution in [0.15, 0.2) is 58.9 Å². The van der Waals surface area contributed by atoms with Crippen molar-refractivity contribution < 1.29 is 4.79 Å². The fourth-order valence-electron chi connectivity index (χ4n) is 3.80. The highest BCUT2D eigenvalue weighted by atomic mass is 16.1. The van der Waals surface area contributed by atoms with Gasteiger partial charge in [-0.1, -0.05) is 24.3 Å². The van der Waals surface area contributed by atoms with Crippen LogP contribution in [0.25, 0.3) is 20.8 Å². The summed E-state index contributed by atoms with van der Waals surface area (Å²) in [5, 5.41) is 19.3. The minimum atomic E-state index is -0.202. The molecule has 0 saturated carbocycles. The van der Waals surface area contributed by atoms with E-state index in [-0.39, 0.29) is 40.5 Å². The van der Waals surface area contributed by atoms with E-state index in [1.54, 1.807) is 30.3 Å². The molecule has 164 valence electrons. The molecule has 7 nitrogen and oxygen atoms in total. The number of ketones is 1. The zero-order valence-corrected chi connectivity index (χ0v) is 19.0. The Morgan fingerprint density at radius 1 is 1.06 bits per heavy atom. The SMILES string of the molecule is [C-]#[N+]C([N+]#[C-])=C1C(=Nc2ccc(N(C)CC)cc2CC(C)=O)C(=C(C#N)C#N)c2ccccc21. The van der Waals surface area contributed by atoms with Gasteiger partial charge in [0.05, 0.1) is 11.4 Å². The third-order valence-corrected chi connectivity index (χ3v) is 5.50. The molecule has 0 saturated heterocycles. The maximum atomic E-state index is 12.0. The zero-order valence-electron chi connectivity index (χ0n) is 19.0. The Hall–Kier alpha value is -4.98. The number of allylic oxidation sites excluding steroid dienone is 3. The fraction of sp³-hybridized carbons (Fsp3) is 0.185. The Bertz CT molecular complexity index is 1340. The van der Waals surface area contributed by atoms with Crippen LogP contribution in [0.2, 0.25) is 0 Å². The molecule has 3 rings (SSSR count). The molecule has 0 amide bonds. The van der Waals surface area contributed by atoms with E-state index in [0.717, 1.165) is 12.2 Å². The van der Waals surface area contributed by atoms with Crippen molar-refractivity contribution in [3.05, 3.63) is 93.4 Å². The molecule has 7 heteroatoms. The molecular weight excluding hydrogens is 424 g/mol. The standard InChI is InChI=1S/C27H20N6O/c1-6-33(5)20-11-12-23(18(14-20)13-17(2)34)32-26-24(19(15-28)16-29)21-9-7-8-10-22(21)25(26)27(30-3)31-4/h7-12,14H,6,13H2,1-2,5H3. The lowest BCUT2D eigenvalue weighted by molar-refractivity contribution is -0.116. The van der Waals surface area contributed by atoms with Crippen molar-refractivity contribution in [3.8, 4) is 12.1 Å². The number of nitrogens with zero attached hydrogens (tertiary/aromatic N) is 6. The first kappa shape index (κ1) is 23.7. The van der Waals surface area contributed by atoms with Gasteiger partial charge in [0.1, 0.15) is 42.2 Å². The van der Waals surface area contributed by atoms with Crippen LogP contribution in [-0.2, 0) is 11.2 Å². The monoisotopic (exact) mass is 444 g/mol. The fourth-order valence-corrected chi connectivity index (χ4v) is 3.80. The minimum Gasteiger partial charge on any atom is -0.375 e. The second-order valence-corrected chi connectivity index (χ2v) is 7.61. The highest BCUT2D eigenvalue weighted by Crippen LogP contribution is 2.43. The highest BCUT2D eigenvalue weighted by molar-refractivity contribution is 6.51. The summed E-state index contributed by atoms with van der Waals surface area (Å²) in [6.45, 7) is 19.4. The van der Waals surface area contributed by atoms with E-state index >= 15 is 0 Å². The number of benzene rings is 2. The third kappa shape index (κ3) is 4.33. The van der Waals surface area contributed by atoms with Gasteiger partial charge in [0.25, 0.3) is 0 Å². The molecule has 0 heterocycles. The number of hydrogen-bond donors (Lipinski definition) is 0. The van der Waals surface area contributed by atoms with Crippen LogP contribution in [0.5, 0.6) is 0 Å². The number of carbonyl (C=O) groups excluding carboxylic acids is 1. The summed E-state index contributed by atoms with van der Waals surface area (Å²) >= 11 is 0. The first-order valence-electron chi connectivity index (χ1n) is 10.5. The topological polar surface area (TPSA) is 89.0 Å². The lowest BCUT2D eigenvalue weighted by Crippen LogP contribution is -2.16. The molecule has 0 fully saturated rings. The Morgan fingerprint density at radius 3 is 2.21 bits per heavy atom. The second-order valence-electron chi connectivity index (χ2n) is 7.61. The van der Waals surface area contributed by atoms with Crippen LogP contribution in [-0.4, -0.2) is 25.1 Å². The van der Waals surface area contributed by atoms with Crippen molar-refractivity contribution in [2.75, 3.05) is 18.5 Å². The van der Waals surface area contributed by atoms with Crippen LogP contribution in [0.4, 0.5) is 11.4 Å². The maximum absolute atomic E-state index is 12.0. The molecule has 2 aromatic rings. The molecule has 0 unspecified atom stereocenters. The number of anilines is 1. The average Bonchev–Trinajstić information content (AvgIpc) is 3.15. The van der Waals surface area contributed by atoms with Gasteiger partial charge in [0.2, 0.25) is 0 Å². The molecule has 1 aliphatic carbocycles. The summed E-state index contributed by atoms with van der Waals surface area (Å²) in [6, 6.07) is 16.4. The van der Waals surface area contributed by atoms with Crippen LogP contribution in [0.1, 0.15) is 30.5 Å². The van der Waals surface area contributed by atoms with Crippen LogP contribution >= 0.6 is 0 Å². The Balaban J connectivity index is 2.43. The van der Waals surface area contributed by atoms with Crippen LogP contribution in [0.3, 0.4) is 0 Å². The van der Waals surface area contributed by atoms with Gasteiger partial charge in [0.15, 0.2) is 0 Å². The van der Waals surface area contributed by atoms with Crippen molar-refractivity contribution in [2.24, 2.45) is 4.99 Å². The summed E-state index contributed by atoms with van der Waals surface area (Å²) in [4.78, 5) is 25.6. The van der Waals surface area contributed by atoms with Crippen molar-refractivity contribution >= 4 is 34.0 Å². The zero-order chi connectivity index (χ0) is 24.8. The van der Waals surface area contributed by atoms with Gasteiger partial charge in [-0.3, -0.25) is 4.79 Å². The smallest absolute Gasteiger partial charge is 0.375 e. The van der Waals surface area contributed by atoms with Crippen molar-refractivity contribution in [1.29, 1.82) is 10.5 Å². The van der Waals surface area contributed by atoms with Crippen LogP contribution < -0.4 is 4.90 Å². The largest absolute Gasteiger partial charge is 0.529 e. The number of aliphatic imine (C=N–C) groups is 1. The normalized spacial score (nSPS) is 12.7. The number of fused-ring (bicyclic) bond motifs is 1. The second kappa shape index (κ2) is 10.1. The molecule has 0 atom stereocenters. The summed E-state index contributed by atoms with van der Waals surface area (Å²) in [6.07, 6.45) is 0.143. The van der Waals surface area contributed by atoms with E-state index in [0.29, 0.717) is 22.4 Å². The van der Waals surface area contributed by atoms with Gasteiger partial charge >= 0.3 is 5.82 Å². The van der Waals surface area contributed by atoms with Crippen molar-refractivity contribution in [2.45, 2.75) is 20.3 Å². The summed E-state index contributed by atoms with van der Waals surface area (Å²) in [5.74, 6) is -0.247. The third-order valence-electron chi connectivity index (χ3n) is 5.50. The first-order chi connectivity index (χ1) is 16.4. The molecule has 0 radical (unpaired) electrons. The number of nitriles is 2. The molecule has 34 heavy (non-hydrogen) atoms. The highest BCUT2D eigenvalue weighted by Gasteiger charge is 2.36. The predicted octanol–water partition coefficient (Wildman–Crippen LogP) is 5.37. The molecule has 1 aliphatic rings. The average molecular weight is 444 g/mol. The molecule has 2 aromatic carbocycles. The Labute approximate surface area is 198 Å². The van der Waals surface area contributed by atoms with Gasteiger partial charge < -0.3 is 4.90 Å². The summed E-state index contributed by atoms with van der Waals surface area (Å²) < 4.78 is 0. The van der Waals surface area contributed by atoms with Crippen molar-refractivity contribution in [1.82, 2.24) is 0 Å². The lowest BCUT2D eigenvalue weighted by atomic mass is 10.0. The molecular formula is C27H20N6O. The lowest BCUT2D eigenvalue weighted by Gasteiger charge is -2.18. The first-order valence-corrected chi connectivity index (χ1v) is 10.5. The van der Waals surface area contributed by atoms with E-state index in [1.165, 1.54) is 6.92 Å². The number of hydrogen-bond acceptors (Lipinski definition) is 5. The predicted molar refractivity (Wildman–Crippen MR) is 132 cm³/mol. The molecule has 0 N–H and O–H groups in total. The van der Waals surface area contributed by atoms with E-state index in [4.69, 9.17) is 18.1 Å². The summed E-state index contributed by atoms with van der Waals surface area (Å²) in [7, 11) is 1.94. The number of Topliss-reactive ketones (excluding diaryl/α,β-unsaturated/α-hetero) is 1. The van der Waals surface area contributed by atoms with E-state index in [1.807, 2.05) is 43.1 Å². The van der Waals surface area contributed by atoms with Gasteiger partial charge in [0, 0.05) is 31.3 Å². The number of rotatable bonds is 5. The molecule has 0 aromatic heterocycles. The minimum absolute atomic E-state index is 0.0447. The molecule has 0 aliphatic heterocycles.